The number of carbonyl (C=O) groups is 1. The summed E-state index contributed by atoms with van der Waals surface area (Å²) in [4.78, 5) is 8.58. The largest absolute Gasteiger partial charge is 0.372 e. The van der Waals surface area contributed by atoms with Gasteiger partial charge in [-0.25, -0.2) is 0 Å². The highest BCUT2D eigenvalue weighted by molar-refractivity contribution is 5.84. The zero-order valence-corrected chi connectivity index (χ0v) is 15.7. The Morgan fingerprint density at radius 2 is 1.69 bits per heavy atom. The Labute approximate surface area is 156 Å². The summed E-state index contributed by atoms with van der Waals surface area (Å²) < 4.78 is 0. The minimum Gasteiger partial charge on any atom is -0.372 e. The van der Waals surface area contributed by atoms with Gasteiger partial charge in [0.1, 0.15) is 0 Å². The summed E-state index contributed by atoms with van der Waals surface area (Å²) in [5.74, 6) is 0. The maximum atomic E-state index is 8.58. The fraction of sp³-hybridized carbons (Fsp3) is 0.292. The zero-order chi connectivity index (χ0) is 18.5. The smallest absolute Gasteiger partial charge is 0.204 e. The van der Waals surface area contributed by atoms with E-state index in [1.54, 1.807) is 16.7 Å². The van der Waals surface area contributed by atoms with E-state index < -0.39 is 0 Å². The first-order valence-corrected chi connectivity index (χ1v) is 9.37. The summed E-state index contributed by atoms with van der Waals surface area (Å²) in [7, 11) is 0. The van der Waals surface area contributed by atoms with Gasteiger partial charge < -0.3 is 5.73 Å². The molecule has 2 nitrogen and oxygen atoms in total. The van der Waals surface area contributed by atoms with Crippen molar-refractivity contribution in [3.05, 3.63) is 81.4 Å². The summed E-state index contributed by atoms with van der Waals surface area (Å²) in [5, 5.41) is 0. The standard InChI is InChI=1S/C23H24.CH3NO/c1-16-6-7-17(2)23(14-16)22(20-11-12-20)13-9-18-8-10-19-4-3-5-21(19)15-18;2-1-3/h6-10,13-15H,3-5,11-12H2,1-2H3;1H,(H2,2,3)/b13-9+;. The maximum absolute atomic E-state index is 8.58. The van der Waals surface area contributed by atoms with Gasteiger partial charge in [0.15, 0.2) is 0 Å². The lowest BCUT2D eigenvalue weighted by Crippen LogP contribution is -1.89. The summed E-state index contributed by atoms with van der Waals surface area (Å²) in [6.45, 7) is 4.41. The number of rotatable bonds is 3. The summed E-state index contributed by atoms with van der Waals surface area (Å²) in [6, 6.07) is 13.8. The van der Waals surface area contributed by atoms with E-state index in [4.69, 9.17) is 4.79 Å². The Morgan fingerprint density at radius 3 is 2.42 bits per heavy atom. The van der Waals surface area contributed by atoms with Crippen LogP contribution >= 0.6 is 0 Å². The lowest BCUT2D eigenvalue weighted by atomic mass is 9.96. The molecule has 0 unspecified atom stereocenters. The molecule has 0 radical (unpaired) electrons. The second kappa shape index (κ2) is 8.18. The fourth-order valence-corrected chi connectivity index (χ4v) is 3.63. The lowest BCUT2D eigenvalue weighted by Gasteiger charge is -2.09. The van der Waals surface area contributed by atoms with Crippen molar-refractivity contribution in [2.45, 2.75) is 46.0 Å². The molecule has 26 heavy (non-hydrogen) atoms. The topological polar surface area (TPSA) is 43.1 Å². The molecular formula is C24H27NO. The lowest BCUT2D eigenvalue weighted by molar-refractivity contribution is -0.106. The predicted molar refractivity (Wildman–Crippen MR) is 110 cm³/mol. The number of carbonyl (C=O) groups excluding carboxylic acids is 1. The molecule has 4 rings (SSSR count). The molecule has 1 fully saturated rings. The van der Waals surface area contributed by atoms with E-state index in [0.717, 1.165) is 0 Å². The number of nitrogens with two attached hydrogens (primary N) is 1. The molecule has 0 bridgehead atoms. The van der Waals surface area contributed by atoms with Gasteiger partial charge >= 0.3 is 0 Å². The van der Waals surface area contributed by atoms with Crippen molar-refractivity contribution in [2.75, 3.05) is 0 Å². The molecule has 0 aromatic heterocycles. The Hall–Kier alpha value is -2.61. The van der Waals surface area contributed by atoms with E-state index in [-0.39, 0.29) is 6.41 Å². The number of amides is 1. The second-order valence-corrected chi connectivity index (χ2v) is 7.19. The molecule has 2 N–H and O–H groups in total. The molecule has 2 aromatic carbocycles. The molecular weight excluding hydrogens is 318 g/mol. The van der Waals surface area contributed by atoms with Crippen molar-refractivity contribution in [1.29, 1.82) is 0 Å². The van der Waals surface area contributed by atoms with Crippen molar-refractivity contribution in [3.63, 3.8) is 0 Å². The molecule has 2 aliphatic rings. The van der Waals surface area contributed by atoms with Crippen LogP contribution in [0.4, 0.5) is 0 Å². The van der Waals surface area contributed by atoms with Crippen molar-refractivity contribution in [1.82, 2.24) is 0 Å². The minimum absolute atomic E-state index is 0.250. The van der Waals surface area contributed by atoms with Crippen LogP contribution < -0.4 is 5.73 Å². The zero-order valence-electron chi connectivity index (χ0n) is 15.7. The molecule has 0 atom stereocenters. The molecule has 134 valence electrons. The molecule has 1 amide bonds. The molecule has 0 aliphatic heterocycles. The molecule has 0 heterocycles. The van der Waals surface area contributed by atoms with Crippen LogP contribution in [0.3, 0.4) is 0 Å². The van der Waals surface area contributed by atoms with Gasteiger partial charge in [0, 0.05) is 0 Å². The van der Waals surface area contributed by atoms with Gasteiger partial charge in [0.25, 0.3) is 0 Å². The number of fused-ring (bicyclic) bond motifs is 1. The molecule has 0 saturated heterocycles. The summed E-state index contributed by atoms with van der Waals surface area (Å²) >= 11 is 0. The van der Waals surface area contributed by atoms with Gasteiger partial charge in [-0.05, 0) is 79.3 Å². The first-order valence-electron chi connectivity index (χ1n) is 9.37. The van der Waals surface area contributed by atoms with Crippen LogP contribution in [0.25, 0.3) is 11.6 Å². The highest BCUT2D eigenvalue weighted by Crippen LogP contribution is 2.38. The number of primary amides is 1. The van der Waals surface area contributed by atoms with Crippen molar-refractivity contribution < 1.29 is 4.79 Å². The van der Waals surface area contributed by atoms with E-state index in [2.05, 4.69) is 68.1 Å². The highest BCUT2D eigenvalue weighted by Gasteiger charge is 2.18. The Bertz CT molecular complexity index is 868. The Morgan fingerprint density at radius 1 is 0.962 bits per heavy atom. The first kappa shape index (κ1) is 18.2. The summed E-state index contributed by atoms with van der Waals surface area (Å²) in [5.41, 5.74) is 15.8. The number of hydrogen-bond donors (Lipinski definition) is 1. The van der Waals surface area contributed by atoms with E-state index in [1.165, 1.54) is 59.9 Å². The van der Waals surface area contributed by atoms with E-state index in [1.807, 2.05) is 0 Å². The predicted octanol–water partition coefficient (Wildman–Crippen LogP) is 5.15. The fourth-order valence-electron chi connectivity index (χ4n) is 3.63. The van der Waals surface area contributed by atoms with Crippen LogP contribution in [0.15, 0.2) is 48.0 Å². The average Bonchev–Trinajstić information content (AvgIpc) is 3.35. The van der Waals surface area contributed by atoms with Gasteiger partial charge in [0.2, 0.25) is 6.41 Å². The van der Waals surface area contributed by atoms with E-state index >= 15 is 0 Å². The van der Waals surface area contributed by atoms with Crippen LogP contribution in [-0.4, -0.2) is 6.41 Å². The molecule has 0 spiro atoms. The summed E-state index contributed by atoms with van der Waals surface area (Å²) in [6.07, 6.45) is 11.3. The van der Waals surface area contributed by atoms with Crippen LogP contribution in [-0.2, 0) is 17.6 Å². The second-order valence-electron chi connectivity index (χ2n) is 7.19. The first-order chi connectivity index (χ1) is 12.6. The van der Waals surface area contributed by atoms with Crippen LogP contribution in [0.1, 0.15) is 52.6 Å². The van der Waals surface area contributed by atoms with Crippen LogP contribution in [0.5, 0.6) is 0 Å². The normalized spacial score (nSPS) is 14.6. The molecule has 2 aromatic rings. The van der Waals surface area contributed by atoms with E-state index in [0.29, 0.717) is 0 Å². The van der Waals surface area contributed by atoms with Crippen molar-refractivity contribution >= 4 is 18.1 Å². The molecule has 2 aliphatic carbocycles. The van der Waals surface area contributed by atoms with Gasteiger partial charge in [-0.1, -0.05) is 59.7 Å². The number of benzene rings is 2. The molecule has 2 heteroatoms. The van der Waals surface area contributed by atoms with Gasteiger partial charge in [-0.2, -0.15) is 0 Å². The SMILES string of the molecule is Cc1ccc(C)c(C(/C=C/c2ccc3c(c2)CCC3)=C2CC2)c1.NC=O. The van der Waals surface area contributed by atoms with Gasteiger partial charge in [0.05, 0.1) is 0 Å². The quantitative estimate of drug-likeness (QED) is 0.768. The van der Waals surface area contributed by atoms with Crippen LogP contribution in [0.2, 0.25) is 0 Å². The third-order valence-electron chi connectivity index (χ3n) is 5.13. The van der Waals surface area contributed by atoms with E-state index in [9.17, 15) is 0 Å². The van der Waals surface area contributed by atoms with Crippen molar-refractivity contribution in [2.24, 2.45) is 5.73 Å². The highest BCUT2D eigenvalue weighted by atomic mass is 16.1. The number of aryl methyl sites for hydroxylation is 4. The Kier molecular flexibility index (Phi) is 5.72. The third-order valence-corrected chi connectivity index (χ3v) is 5.13. The monoisotopic (exact) mass is 345 g/mol. The van der Waals surface area contributed by atoms with Crippen molar-refractivity contribution in [3.8, 4) is 0 Å². The number of allylic oxidation sites excluding steroid dienone is 3. The Balaban J connectivity index is 0.000000613. The number of hydrogen-bond acceptors (Lipinski definition) is 1. The van der Waals surface area contributed by atoms with Crippen LogP contribution in [0, 0.1) is 13.8 Å². The maximum Gasteiger partial charge on any atom is 0.204 e. The average molecular weight is 345 g/mol. The minimum atomic E-state index is 0.250. The molecule has 1 saturated carbocycles. The third kappa shape index (κ3) is 4.32. The van der Waals surface area contributed by atoms with Gasteiger partial charge in [-0.3, -0.25) is 4.79 Å². The van der Waals surface area contributed by atoms with Gasteiger partial charge in [-0.15, -0.1) is 0 Å².